The van der Waals surface area contributed by atoms with Crippen molar-refractivity contribution in [2.45, 2.75) is 0 Å². The van der Waals surface area contributed by atoms with Crippen LogP contribution in [0, 0.1) is 0 Å². The second-order valence-electron chi connectivity index (χ2n) is 0. The van der Waals surface area contributed by atoms with Gasteiger partial charge >= 0.3 is 142 Å². The molecule has 0 aromatic heterocycles. The summed E-state index contributed by atoms with van der Waals surface area (Å²) >= 11 is 0. The van der Waals surface area contributed by atoms with E-state index in [-0.39, 0.29) is 216 Å². The molecule has 0 aromatic rings. The van der Waals surface area contributed by atoms with Gasteiger partial charge in [-0.25, -0.2) is 0 Å². The molecule has 10 heteroatoms. The Morgan fingerprint density at radius 2 is 0.500 bits per heavy atom. The summed E-state index contributed by atoms with van der Waals surface area (Å²) < 4.78 is 0. The Hall–Kier alpha value is 6.40. The molecule has 0 N–H and O–H groups in total. The summed E-state index contributed by atoms with van der Waals surface area (Å²) in [6, 6.07) is 0. The van der Waals surface area contributed by atoms with Crippen molar-refractivity contribution in [3.8, 4) is 0 Å². The monoisotopic (exact) mass is 336 g/mol. The zero-order chi connectivity index (χ0) is 0. The van der Waals surface area contributed by atoms with Crippen LogP contribution >= 0.6 is 0 Å². The van der Waals surface area contributed by atoms with Crippen molar-refractivity contribution in [3.05, 3.63) is 0 Å². The molecule has 0 radical (unpaired) electrons. The van der Waals surface area contributed by atoms with Crippen molar-refractivity contribution < 1.29 is 155 Å². The Bertz CT molecular complexity index is 17.7. The van der Waals surface area contributed by atoms with Crippen LogP contribution in [0.15, 0.2) is 0 Å². The van der Waals surface area contributed by atoms with E-state index in [0.717, 1.165) is 0 Å². The van der Waals surface area contributed by atoms with Gasteiger partial charge in [-0.15, -0.1) is 0 Å². The SMILES string of the molecule is [Ca+2].[Cl-].[Cl-].[Cl-].[Cl-].[Cl-].[Cl-].[K+].[Mg+2].[Na+]. The Kier molecular flexibility index (Phi) is 740. The third-order valence-corrected chi connectivity index (χ3v) is 0. The van der Waals surface area contributed by atoms with Gasteiger partial charge in [0.05, 0.1) is 0 Å². The van der Waals surface area contributed by atoms with Gasteiger partial charge in [0.25, 0.3) is 0 Å². The van der Waals surface area contributed by atoms with Crippen molar-refractivity contribution in [3.63, 3.8) is 0 Å². The van der Waals surface area contributed by atoms with E-state index in [4.69, 9.17) is 0 Å². The molecule has 0 aliphatic heterocycles. The number of hydrogen-bond acceptors (Lipinski definition) is 0. The summed E-state index contributed by atoms with van der Waals surface area (Å²) in [4.78, 5) is 0. The molecule has 0 unspecified atom stereocenters. The standard InChI is InChI=1S/Ca.6ClH.K.Mg.Na/h;6*1H;;;/q+2;;;;;;;+1;+2;+1/p-6. The molecule has 0 amide bonds. The summed E-state index contributed by atoms with van der Waals surface area (Å²) in [5.74, 6) is 0. The molecular weight excluding hydrogens is 339 g/mol. The summed E-state index contributed by atoms with van der Waals surface area (Å²) in [5, 5.41) is 0. The van der Waals surface area contributed by atoms with E-state index in [2.05, 4.69) is 0 Å². The van der Waals surface area contributed by atoms with Gasteiger partial charge in [-0.2, -0.15) is 0 Å². The van der Waals surface area contributed by atoms with E-state index in [1.807, 2.05) is 0 Å². The summed E-state index contributed by atoms with van der Waals surface area (Å²) in [6.07, 6.45) is 0. The molecule has 10 heavy (non-hydrogen) atoms. The van der Waals surface area contributed by atoms with Crippen molar-refractivity contribution >= 4 is 60.8 Å². The van der Waals surface area contributed by atoms with Crippen LogP contribution in [0.3, 0.4) is 0 Å². The topological polar surface area (TPSA) is 0 Å². The van der Waals surface area contributed by atoms with Crippen molar-refractivity contribution in [2.24, 2.45) is 0 Å². The van der Waals surface area contributed by atoms with Crippen LogP contribution in [-0.4, -0.2) is 60.8 Å². The van der Waals surface area contributed by atoms with Crippen molar-refractivity contribution in [1.29, 1.82) is 0 Å². The van der Waals surface area contributed by atoms with E-state index in [0.29, 0.717) is 0 Å². The van der Waals surface area contributed by atoms with E-state index in [1.54, 1.807) is 0 Å². The van der Waals surface area contributed by atoms with Crippen LogP contribution < -0.4 is 155 Å². The molecule has 0 nitrogen and oxygen atoms in total. The maximum absolute atomic E-state index is 0. The second-order valence-corrected chi connectivity index (χ2v) is 0. The molecule has 0 aliphatic carbocycles. The Labute approximate surface area is 210 Å². The average molecular weight is 339 g/mol. The van der Waals surface area contributed by atoms with Gasteiger partial charge in [-0.1, -0.05) is 0 Å². The first-order chi connectivity index (χ1) is 0. The van der Waals surface area contributed by atoms with Gasteiger partial charge in [0.15, 0.2) is 0 Å². The first-order valence-corrected chi connectivity index (χ1v) is 0. The van der Waals surface area contributed by atoms with Gasteiger partial charge in [-0.3, -0.25) is 0 Å². The summed E-state index contributed by atoms with van der Waals surface area (Å²) in [6.45, 7) is 0. The fraction of sp³-hybridized carbons (Fsp3) is 0. The summed E-state index contributed by atoms with van der Waals surface area (Å²) in [7, 11) is 0. The molecule has 0 aliphatic rings. The van der Waals surface area contributed by atoms with Gasteiger partial charge in [0, 0.05) is 0 Å². The normalized spacial score (nSPS) is 0. The average Bonchev–Trinajstić information content (AvgIpc) is 0. The molecule has 0 bridgehead atoms. The molecular formula is CaCl6KMgNa. The third-order valence-electron chi connectivity index (χ3n) is 0. The van der Waals surface area contributed by atoms with Crippen LogP contribution in [0.5, 0.6) is 0 Å². The minimum absolute atomic E-state index is 0. The Morgan fingerprint density at radius 1 is 0.500 bits per heavy atom. The minimum Gasteiger partial charge on any atom is -1.00 e. The smallest absolute Gasteiger partial charge is 1.00 e. The molecule has 0 aromatic carbocycles. The quantitative estimate of drug-likeness (QED) is 0.385. The molecule has 0 fully saturated rings. The molecule has 48 valence electrons. The largest absolute Gasteiger partial charge is 2.00 e. The van der Waals surface area contributed by atoms with Crippen molar-refractivity contribution in [1.82, 2.24) is 0 Å². The molecule has 0 saturated carbocycles. The van der Waals surface area contributed by atoms with Gasteiger partial charge in [0.1, 0.15) is 0 Å². The van der Waals surface area contributed by atoms with Crippen LogP contribution in [0.1, 0.15) is 0 Å². The first-order valence-electron chi connectivity index (χ1n) is 0. The Balaban J connectivity index is 0. The molecule has 0 atom stereocenters. The van der Waals surface area contributed by atoms with Crippen LogP contribution in [0.2, 0.25) is 0 Å². The zero-order valence-corrected chi connectivity index (χ0v) is 19.0. The van der Waals surface area contributed by atoms with E-state index in [1.165, 1.54) is 0 Å². The first kappa shape index (κ1) is 94.9. The van der Waals surface area contributed by atoms with Gasteiger partial charge in [0.2, 0.25) is 0 Å². The zero-order valence-electron chi connectivity index (χ0n) is 5.68. The predicted octanol–water partition coefficient (Wildman–Crippen LogP) is -24.7. The fourth-order valence-electron chi connectivity index (χ4n) is 0. The third kappa shape index (κ3) is 63.1. The molecule has 0 heterocycles. The van der Waals surface area contributed by atoms with Crippen LogP contribution in [-0.2, 0) is 0 Å². The second kappa shape index (κ2) is 77.9. The van der Waals surface area contributed by atoms with Gasteiger partial charge < -0.3 is 74.4 Å². The molecule has 0 rings (SSSR count). The molecule has 0 saturated heterocycles. The predicted molar refractivity (Wildman–Crippen MR) is 11.5 cm³/mol. The minimum atomic E-state index is 0. The van der Waals surface area contributed by atoms with Crippen LogP contribution in [0.25, 0.3) is 0 Å². The van der Waals surface area contributed by atoms with Crippen LogP contribution in [0.4, 0.5) is 0 Å². The van der Waals surface area contributed by atoms with E-state index in [9.17, 15) is 0 Å². The Morgan fingerprint density at radius 3 is 0.500 bits per heavy atom. The van der Waals surface area contributed by atoms with E-state index < -0.39 is 0 Å². The maximum Gasteiger partial charge on any atom is 2.00 e. The van der Waals surface area contributed by atoms with Crippen molar-refractivity contribution in [2.75, 3.05) is 0 Å². The van der Waals surface area contributed by atoms with Gasteiger partial charge in [-0.05, 0) is 0 Å². The maximum atomic E-state index is 0. The summed E-state index contributed by atoms with van der Waals surface area (Å²) in [5.41, 5.74) is 0. The molecule has 0 spiro atoms. The fourth-order valence-corrected chi connectivity index (χ4v) is 0. The number of hydrogen-bond donors (Lipinski definition) is 0. The number of halogens is 6. The van der Waals surface area contributed by atoms with E-state index >= 15 is 0 Å². The number of rotatable bonds is 0.